The number of benzene rings is 1. The van der Waals surface area contributed by atoms with Gasteiger partial charge < -0.3 is 11.2 Å². The van der Waals surface area contributed by atoms with Crippen LogP contribution in [-0.2, 0) is 21.8 Å². The van der Waals surface area contributed by atoms with Crippen LogP contribution in [0.25, 0.3) is 0 Å². The molecule has 10 radical (unpaired) electrons. The van der Waals surface area contributed by atoms with Crippen molar-refractivity contribution < 1.29 is 40.7 Å². The zero-order valence-electron chi connectivity index (χ0n) is 13.0. The normalized spacial score (nSPS) is 23.0. The first kappa shape index (κ1) is 20.9. The molecule has 0 N–H and O–H groups in total. The van der Waals surface area contributed by atoms with E-state index in [4.69, 9.17) is 4.74 Å². The predicted octanol–water partition coefficient (Wildman–Crippen LogP) is 0.462. The molecule has 1 aliphatic heterocycles. The maximum absolute atomic E-state index is 5.58. The number of nitrogens with zero attached hydrogens (tertiary/aromatic N) is 1. The Bertz CT molecular complexity index is 448. The van der Waals surface area contributed by atoms with E-state index in [0.29, 0.717) is 12.5 Å². The summed E-state index contributed by atoms with van der Waals surface area (Å²) in [4.78, 5) is 4.56. The molecule has 2 nitrogen and oxygen atoms in total. The fourth-order valence-electron chi connectivity index (χ4n) is 2.15. The van der Waals surface area contributed by atoms with Gasteiger partial charge in [0, 0.05) is 0 Å². The molecule has 4 rings (SSSR count). The Labute approximate surface area is 163 Å². The van der Waals surface area contributed by atoms with Crippen LogP contribution in [0.5, 0.6) is 0 Å². The molecule has 0 bridgehead atoms. The van der Waals surface area contributed by atoms with Crippen LogP contribution in [0.15, 0.2) is 35.3 Å². The first-order valence-electron chi connectivity index (χ1n) is 6.99. The maximum atomic E-state index is 5.58. The van der Waals surface area contributed by atoms with Crippen molar-refractivity contribution in [3.05, 3.63) is 99.6 Å². The second-order valence-corrected chi connectivity index (χ2v) is 4.72. The van der Waals surface area contributed by atoms with Crippen LogP contribution in [0.2, 0.25) is 0 Å². The van der Waals surface area contributed by atoms with E-state index >= 15 is 0 Å². The Hall–Kier alpha value is -0.193. The van der Waals surface area contributed by atoms with E-state index < -0.39 is 0 Å². The Balaban J connectivity index is 0.000000328. The minimum Gasteiger partial charge on any atom is -0.480 e. The molecule has 2 saturated carbocycles. The monoisotopic (exact) mass is 337 g/mol. The van der Waals surface area contributed by atoms with Crippen molar-refractivity contribution in [3.63, 3.8) is 0 Å². The molecule has 0 aromatic heterocycles. The van der Waals surface area contributed by atoms with E-state index in [1.165, 1.54) is 5.56 Å². The molecular formula is C19H16FeLiNO+2. The molecule has 0 spiro atoms. The van der Waals surface area contributed by atoms with Gasteiger partial charge in [-0.15, -0.1) is 5.92 Å². The van der Waals surface area contributed by atoms with Crippen molar-refractivity contribution >= 4 is 5.90 Å². The maximum Gasteiger partial charge on any atom is 2.00 e. The zero-order valence-corrected chi connectivity index (χ0v) is 14.1. The Morgan fingerprint density at radius 1 is 0.957 bits per heavy atom. The largest absolute Gasteiger partial charge is 2.00 e. The summed E-state index contributed by atoms with van der Waals surface area (Å²) in [5.74, 6) is 1.65. The number of hydrogen-bond acceptors (Lipinski definition) is 2. The molecule has 0 unspecified atom stereocenters. The van der Waals surface area contributed by atoms with Gasteiger partial charge in [0.25, 0.3) is 0 Å². The van der Waals surface area contributed by atoms with Crippen LogP contribution in [-0.4, -0.2) is 12.5 Å². The van der Waals surface area contributed by atoms with Gasteiger partial charge in [0.2, 0.25) is 0 Å². The summed E-state index contributed by atoms with van der Waals surface area (Å²) in [5.41, 5.74) is 1.20. The van der Waals surface area contributed by atoms with Gasteiger partial charge in [-0.2, -0.15) is 0 Å². The average Bonchev–Trinajstić information content (AvgIpc) is 3.30. The quantitative estimate of drug-likeness (QED) is 0.568. The molecule has 2 aliphatic carbocycles. The van der Waals surface area contributed by atoms with Gasteiger partial charge in [0.15, 0.2) is 5.90 Å². The van der Waals surface area contributed by atoms with Crippen molar-refractivity contribution in [2.75, 3.05) is 6.61 Å². The van der Waals surface area contributed by atoms with Crippen LogP contribution in [0.4, 0.5) is 0 Å². The molecule has 1 heterocycles. The predicted molar refractivity (Wildman–Crippen MR) is 83.5 cm³/mol. The summed E-state index contributed by atoms with van der Waals surface area (Å²) in [5, 5.41) is 0. The summed E-state index contributed by atoms with van der Waals surface area (Å²) in [7, 11) is 0. The number of aliphatic imine (C=N–C) groups is 1. The Kier molecular flexibility index (Phi) is 10.3. The summed E-state index contributed by atoms with van der Waals surface area (Å²) in [6, 6.07) is 10.3. The van der Waals surface area contributed by atoms with Gasteiger partial charge in [-0.05, 0) is 37.7 Å². The Morgan fingerprint density at radius 3 is 2.17 bits per heavy atom. The van der Waals surface area contributed by atoms with E-state index in [2.05, 4.69) is 23.5 Å². The molecule has 3 aliphatic rings. The standard InChI is InChI=1S/C14H11NO.C5H5.Fe.Li/c1-2-6-11(7-3-1)13-10-16-14(15-13)12-8-4-5-9-12;1-2-4-5-3-1;;/h1-8,13H,10H2;1-5H;;/q-1;;+2;+1/t13-;;;/m1.../s1. The summed E-state index contributed by atoms with van der Waals surface area (Å²) >= 11 is 0. The van der Waals surface area contributed by atoms with Gasteiger partial charge in [-0.1, -0.05) is 43.2 Å². The van der Waals surface area contributed by atoms with E-state index in [-0.39, 0.29) is 42.0 Å². The molecule has 23 heavy (non-hydrogen) atoms. The average molecular weight is 337 g/mol. The van der Waals surface area contributed by atoms with Crippen LogP contribution < -0.4 is 18.9 Å². The third-order valence-electron chi connectivity index (χ3n) is 3.22. The molecule has 0 saturated heterocycles. The molecule has 1 aromatic carbocycles. The topological polar surface area (TPSA) is 21.6 Å². The Morgan fingerprint density at radius 2 is 1.61 bits per heavy atom. The van der Waals surface area contributed by atoms with Gasteiger partial charge in [0.05, 0.1) is 0 Å². The SMILES string of the molecule is [C-]1[CH][CH][CH][C]1C1=N[C@@H](c2ccccc2)CO1.[CH]1[CH][CH][CH][CH]1.[Fe+2].[Li+]. The van der Waals surface area contributed by atoms with Crippen LogP contribution >= 0.6 is 0 Å². The van der Waals surface area contributed by atoms with E-state index in [1.807, 2.05) is 69.6 Å². The molecule has 2 fully saturated rings. The minimum atomic E-state index is 0. The molecule has 1 atom stereocenters. The van der Waals surface area contributed by atoms with Crippen molar-refractivity contribution in [1.29, 1.82) is 0 Å². The van der Waals surface area contributed by atoms with Crippen molar-refractivity contribution in [2.24, 2.45) is 4.99 Å². The molecule has 0 amide bonds. The van der Waals surface area contributed by atoms with Crippen molar-refractivity contribution in [2.45, 2.75) is 6.04 Å². The van der Waals surface area contributed by atoms with Gasteiger partial charge in [0.1, 0.15) is 12.6 Å². The van der Waals surface area contributed by atoms with E-state index in [0.717, 1.165) is 5.92 Å². The summed E-state index contributed by atoms with van der Waals surface area (Å²) in [6.07, 6.45) is 18.9. The second kappa shape index (κ2) is 11.4. The summed E-state index contributed by atoms with van der Waals surface area (Å²) in [6.45, 7) is 0.623. The third-order valence-corrected chi connectivity index (χ3v) is 3.22. The molecule has 4 heteroatoms. The van der Waals surface area contributed by atoms with Crippen LogP contribution in [0.3, 0.4) is 0 Å². The summed E-state index contributed by atoms with van der Waals surface area (Å²) < 4.78 is 5.58. The smallest absolute Gasteiger partial charge is 0.480 e. The van der Waals surface area contributed by atoms with Crippen molar-refractivity contribution in [3.8, 4) is 0 Å². The zero-order chi connectivity index (χ0) is 14.3. The first-order valence-corrected chi connectivity index (χ1v) is 6.99. The van der Waals surface area contributed by atoms with Crippen LogP contribution in [0, 0.1) is 63.7 Å². The minimum absolute atomic E-state index is 0. The van der Waals surface area contributed by atoms with Gasteiger partial charge in [-0.25, -0.2) is 11.4 Å². The number of rotatable bonds is 2. The molecule has 1 aromatic rings. The van der Waals surface area contributed by atoms with E-state index in [1.54, 1.807) is 0 Å². The number of hydrogen-bond donors (Lipinski definition) is 0. The number of ether oxygens (including phenoxy) is 1. The van der Waals surface area contributed by atoms with Crippen LogP contribution in [0.1, 0.15) is 11.6 Å². The fourth-order valence-corrected chi connectivity index (χ4v) is 2.15. The molecular weight excluding hydrogens is 321 g/mol. The van der Waals surface area contributed by atoms with E-state index in [9.17, 15) is 0 Å². The van der Waals surface area contributed by atoms with Gasteiger partial charge in [-0.3, -0.25) is 0 Å². The fraction of sp³-hybridized carbons (Fsp3) is 0.105. The van der Waals surface area contributed by atoms with Gasteiger partial charge >= 0.3 is 35.9 Å². The van der Waals surface area contributed by atoms with Crippen molar-refractivity contribution in [1.82, 2.24) is 0 Å². The molecule has 110 valence electrons. The second-order valence-electron chi connectivity index (χ2n) is 4.72. The first-order chi connectivity index (χ1) is 10.4. The third kappa shape index (κ3) is 6.31.